The molecule has 9 aromatic rings. The maximum Gasteiger partial charge on any atom is 0.134 e. The van der Waals surface area contributed by atoms with Gasteiger partial charge in [-0.1, -0.05) is 188 Å². The Kier molecular flexibility index (Phi) is 6.94. The third-order valence-corrected chi connectivity index (χ3v) is 12.5. The van der Waals surface area contributed by atoms with E-state index in [1.807, 2.05) is 6.07 Å². The predicted molar refractivity (Wildman–Crippen MR) is 236 cm³/mol. The Morgan fingerprint density at radius 2 is 0.930 bits per heavy atom. The van der Waals surface area contributed by atoms with Crippen LogP contribution in [0.3, 0.4) is 0 Å². The summed E-state index contributed by atoms with van der Waals surface area (Å²) in [7, 11) is 0. The Morgan fingerprint density at radius 1 is 0.404 bits per heavy atom. The molecular formula is C55H36N2. The minimum absolute atomic E-state index is 0.00105. The Hall–Kier alpha value is -7.29. The van der Waals surface area contributed by atoms with E-state index in [-0.39, 0.29) is 11.5 Å². The van der Waals surface area contributed by atoms with E-state index in [2.05, 4.69) is 206 Å². The first-order valence-electron chi connectivity index (χ1n) is 19.8. The van der Waals surface area contributed by atoms with E-state index in [9.17, 15) is 0 Å². The fourth-order valence-electron chi connectivity index (χ4n) is 10.1. The number of rotatable bonds is 5. The molecule has 266 valence electrons. The smallest absolute Gasteiger partial charge is 0.134 e. The summed E-state index contributed by atoms with van der Waals surface area (Å²) in [5.41, 5.74) is 16.9. The Labute approximate surface area is 332 Å². The zero-order valence-electron chi connectivity index (χ0n) is 31.2. The molecule has 1 heterocycles. The normalized spacial score (nSPS) is 15.7. The van der Waals surface area contributed by atoms with Crippen LogP contribution in [0.4, 0.5) is 0 Å². The van der Waals surface area contributed by atoms with Gasteiger partial charge in [0.15, 0.2) is 0 Å². The highest BCUT2D eigenvalue weighted by molar-refractivity contribution is 6.18. The zero-order chi connectivity index (χ0) is 37.5. The first-order valence-corrected chi connectivity index (χ1v) is 19.8. The standard InChI is InChI=1S/C55H36N2/c1-3-14-35(15-4-1)49-34-50(57-54(56-49)38-16-5-2-6-17-38)42-23-10-21-40(33-42)39-20-9-22-41(32-39)43-25-13-29-48-53(43)44-24-7-8-26-45(44)55(48)46-27-11-18-36-30-31-37-19-12-28-47(55)52(37)51(36)46/h1-34,49H,(H,56,57). The van der Waals surface area contributed by atoms with Gasteiger partial charge in [-0.15, -0.1) is 0 Å². The van der Waals surface area contributed by atoms with Gasteiger partial charge in [-0.3, -0.25) is 0 Å². The van der Waals surface area contributed by atoms with Crippen molar-refractivity contribution >= 4 is 33.1 Å². The lowest BCUT2D eigenvalue weighted by molar-refractivity contribution is 0.781. The first kappa shape index (κ1) is 32.0. The van der Waals surface area contributed by atoms with Gasteiger partial charge in [0, 0.05) is 11.1 Å². The summed E-state index contributed by atoms with van der Waals surface area (Å²) < 4.78 is 0. The monoisotopic (exact) mass is 724 g/mol. The molecule has 0 amide bonds. The molecule has 0 radical (unpaired) electrons. The average molecular weight is 725 g/mol. The van der Waals surface area contributed by atoms with Crippen molar-refractivity contribution in [3.8, 4) is 33.4 Å². The number of benzene rings is 9. The van der Waals surface area contributed by atoms with Crippen molar-refractivity contribution in [1.29, 1.82) is 0 Å². The lowest BCUT2D eigenvalue weighted by atomic mass is 9.70. The largest absolute Gasteiger partial charge is 0.359 e. The van der Waals surface area contributed by atoms with Crippen LogP contribution < -0.4 is 5.32 Å². The lowest BCUT2D eigenvalue weighted by Crippen LogP contribution is -2.31. The number of nitrogens with one attached hydrogen (secondary N) is 1. The van der Waals surface area contributed by atoms with Gasteiger partial charge in [0.1, 0.15) is 5.84 Å². The van der Waals surface area contributed by atoms with Crippen molar-refractivity contribution in [2.24, 2.45) is 4.99 Å². The molecule has 57 heavy (non-hydrogen) atoms. The van der Waals surface area contributed by atoms with Crippen LogP contribution in [0.5, 0.6) is 0 Å². The van der Waals surface area contributed by atoms with Gasteiger partial charge in [0.05, 0.1) is 17.2 Å². The second-order valence-corrected chi connectivity index (χ2v) is 15.5. The van der Waals surface area contributed by atoms with Gasteiger partial charge in [-0.05, 0) is 101 Å². The number of aliphatic imine (C=N–C) groups is 1. The minimum atomic E-state index is -0.379. The van der Waals surface area contributed by atoms with Crippen LogP contribution in [-0.2, 0) is 5.41 Å². The summed E-state index contributed by atoms with van der Waals surface area (Å²) in [6.45, 7) is 0. The number of fused-ring (bicyclic) bond motifs is 7. The second kappa shape index (κ2) is 12.4. The Morgan fingerprint density at radius 3 is 1.67 bits per heavy atom. The fraction of sp³-hybridized carbons (Fsp3) is 0.0364. The molecule has 0 saturated heterocycles. The highest BCUT2D eigenvalue weighted by atomic mass is 15.0. The summed E-state index contributed by atoms with van der Waals surface area (Å²) in [6, 6.07) is 73.4. The quantitative estimate of drug-likeness (QED) is 0.176. The molecule has 1 spiro atoms. The molecule has 0 aromatic heterocycles. The van der Waals surface area contributed by atoms with E-state index in [1.54, 1.807) is 0 Å². The third-order valence-electron chi connectivity index (χ3n) is 12.5. The van der Waals surface area contributed by atoms with Gasteiger partial charge in [0.2, 0.25) is 0 Å². The van der Waals surface area contributed by atoms with Crippen molar-refractivity contribution in [3.63, 3.8) is 0 Å². The molecule has 0 bridgehead atoms. The van der Waals surface area contributed by atoms with E-state index >= 15 is 0 Å². The van der Waals surface area contributed by atoms with E-state index in [0.29, 0.717) is 0 Å². The van der Waals surface area contributed by atoms with Crippen LogP contribution in [0, 0.1) is 0 Å². The van der Waals surface area contributed by atoms with E-state index in [4.69, 9.17) is 4.99 Å². The molecular weight excluding hydrogens is 689 g/mol. The summed E-state index contributed by atoms with van der Waals surface area (Å²) in [5, 5.41) is 9.08. The van der Waals surface area contributed by atoms with Crippen molar-refractivity contribution in [3.05, 3.63) is 245 Å². The van der Waals surface area contributed by atoms with Gasteiger partial charge >= 0.3 is 0 Å². The molecule has 1 atom stereocenters. The third kappa shape index (κ3) is 4.68. The molecule has 2 nitrogen and oxygen atoms in total. The summed E-state index contributed by atoms with van der Waals surface area (Å²) in [5.74, 6) is 0.878. The molecule has 3 aliphatic rings. The molecule has 1 N–H and O–H groups in total. The van der Waals surface area contributed by atoms with Crippen LogP contribution in [-0.4, -0.2) is 5.84 Å². The van der Waals surface area contributed by atoms with Crippen LogP contribution >= 0.6 is 0 Å². The van der Waals surface area contributed by atoms with Crippen molar-refractivity contribution in [2.75, 3.05) is 0 Å². The fourth-order valence-corrected chi connectivity index (χ4v) is 10.1. The van der Waals surface area contributed by atoms with E-state index in [1.165, 1.54) is 77.2 Å². The number of nitrogens with zero attached hydrogens (tertiary/aromatic N) is 1. The Bertz CT molecular complexity index is 3090. The molecule has 9 aromatic carbocycles. The molecule has 0 fully saturated rings. The highest BCUT2D eigenvalue weighted by Gasteiger charge is 2.51. The van der Waals surface area contributed by atoms with Crippen molar-refractivity contribution < 1.29 is 0 Å². The van der Waals surface area contributed by atoms with Crippen molar-refractivity contribution in [1.82, 2.24) is 5.32 Å². The zero-order valence-corrected chi connectivity index (χ0v) is 31.2. The van der Waals surface area contributed by atoms with Crippen molar-refractivity contribution in [2.45, 2.75) is 11.5 Å². The summed E-state index contributed by atoms with van der Waals surface area (Å²) in [6.07, 6.45) is 2.25. The molecule has 0 saturated carbocycles. The van der Waals surface area contributed by atoms with E-state index in [0.717, 1.165) is 28.2 Å². The van der Waals surface area contributed by atoms with Crippen LogP contribution in [0.2, 0.25) is 0 Å². The number of amidine groups is 1. The van der Waals surface area contributed by atoms with Crippen LogP contribution in [0.25, 0.3) is 60.6 Å². The minimum Gasteiger partial charge on any atom is -0.359 e. The summed E-state index contributed by atoms with van der Waals surface area (Å²) in [4.78, 5) is 5.20. The van der Waals surface area contributed by atoms with Gasteiger partial charge < -0.3 is 5.32 Å². The van der Waals surface area contributed by atoms with Gasteiger partial charge in [-0.25, -0.2) is 4.99 Å². The molecule has 2 aliphatic carbocycles. The SMILES string of the molecule is C1=C(c2cccc(-c3cccc(-c4cccc5c4-c4ccccc4C54c5cccc6ccc7cccc4c7c56)c3)c2)N=C(c2ccccc2)NC1c1ccccc1. The maximum atomic E-state index is 5.20. The number of hydrogen-bond acceptors (Lipinski definition) is 2. The molecule has 1 aliphatic heterocycles. The van der Waals surface area contributed by atoms with Crippen LogP contribution in [0.1, 0.15) is 45.0 Å². The van der Waals surface area contributed by atoms with Crippen LogP contribution in [0.15, 0.2) is 211 Å². The predicted octanol–water partition coefficient (Wildman–Crippen LogP) is 13.1. The maximum absolute atomic E-state index is 5.20. The summed E-state index contributed by atoms with van der Waals surface area (Å²) >= 11 is 0. The molecule has 1 unspecified atom stereocenters. The lowest BCUT2D eigenvalue weighted by Gasteiger charge is -2.31. The Balaban J connectivity index is 0.993. The second-order valence-electron chi connectivity index (χ2n) is 15.5. The number of hydrogen-bond donors (Lipinski definition) is 1. The molecule has 2 heteroatoms. The van der Waals surface area contributed by atoms with Gasteiger partial charge in [-0.2, -0.15) is 0 Å². The average Bonchev–Trinajstić information content (AvgIpc) is 3.77. The molecule has 12 rings (SSSR count). The topological polar surface area (TPSA) is 24.4 Å². The first-order chi connectivity index (χ1) is 28.3. The highest BCUT2D eigenvalue weighted by Crippen LogP contribution is 2.63. The van der Waals surface area contributed by atoms with E-state index < -0.39 is 0 Å². The van der Waals surface area contributed by atoms with Gasteiger partial charge in [0.25, 0.3) is 0 Å².